The van der Waals surface area contributed by atoms with Gasteiger partial charge in [-0.2, -0.15) is 0 Å². The molecule has 0 aromatic rings. The first-order valence-corrected chi connectivity index (χ1v) is 7.92. The number of carbonyl (C=O) groups excluding carboxylic acids is 1. The van der Waals surface area contributed by atoms with Gasteiger partial charge >= 0.3 is 0 Å². The van der Waals surface area contributed by atoms with Crippen molar-refractivity contribution in [3.8, 4) is 0 Å². The molecule has 1 fully saturated rings. The lowest BCUT2D eigenvalue weighted by Gasteiger charge is -2.24. The van der Waals surface area contributed by atoms with E-state index in [0.29, 0.717) is 19.0 Å². The zero-order valence-corrected chi connectivity index (χ0v) is 13.2. The number of guanidine groups is 1. The van der Waals surface area contributed by atoms with Crippen LogP contribution in [0.3, 0.4) is 0 Å². The third-order valence-corrected chi connectivity index (χ3v) is 3.83. The molecule has 0 heterocycles. The predicted octanol–water partition coefficient (Wildman–Crippen LogP) is 1.79. The van der Waals surface area contributed by atoms with Crippen LogP contribution in [0.25, 0.3) is 0 Å². The van der Waals surface area contributed by atoms with Gasteiger partial charge in [0.05, 0.1) is 0 Å². The zero-order chi connectivity index (χ0) is 14.8. The quantitative estimate of drug-likeness (QED) is 0.514. The number of hydrogen-bond acceptors (Lipinski definition) is 2. The SMILES string of the molecule is CCC(C)NC(=O)CCNC(=NC)NC1CCCCC1. The van der Waals surface area contributed by atoms with E-state index in [4.69, 9.17) is 0 Å². The minimum absolute atomic E-state index is 0.0972. The molecule has 0 aliphatic heterocycles. The van der Waals surface area contributed by atoms with E-state index in [-0.39, 0.29) is 11.9 Å². The number of rotatable bonds is 6. The van der Waals surface area contributed by atoms with Gasteiger partial charge in [-0.25, -0.2) is 0 Å². The van der Waals surface area contributed by atoms with Gasteiger partial charge in [0.25, 0.3) is 0 Å². The van der Waals surface area contributed by atoms with Crippen molar-refractivity contribution >= 4 is 11.9 Å². The molecule has 0 aromatic carbocycles. The van der Waals surface area contributed by atoms with Crippen LogP contribution in [-0.4, -0.2) is 37.5 Å². The van der Waals surface area contributed by atoms with Crippen LogP contribution in [0, 0.1) is 0 Å². The Hall–Kier alpha value is -1.26. The maximum Gasteiger partial charge on any atom is 0.221 e. The van der Waals surface area contributed by atoms with Crippen molar-refractivity contribution in [2.45, 2.75) is 70.9 Å². The topological polar surface area (TPSA) is 65.5 Å². The van der Waals surface area contributed by atoms with Crippen LogP contribution in [0.4, 0.5) is 0 Å². The Bertz CT molecular complexity index is 311. The smallest absolute Gasteiger partial charge is 0.221 e. The first kappa shape index (κ1) is 16.8. The molecular formula is C15H30N4O. The molecule has 116 valence electrons. The summed E-state index contributed by atoms with van der Waals surface area (Å²) in [7, 11) is 1.78. The number of amides is 1. The van der Waals surface area contributed by atoms with Gasteiger partial charge < -0.3 is 16.0 Å². The first-order chi connectivity index (χ1) is 9.65. The molecule has 0 spiro atoms. The molecule has 1 atom stereocenters. The van der Waals surface area contributed by atoms with Crippen molar-refractivity contribution in [1.82, 2.24) is 16.0 Å². The number of nitrogens with zero attached hydrogens (tertiary/aromatic N) is 1. The molecule has 0 bridgehead atoms. The van der Waals surface area contributed by atoms with Gasteiger partial charge in [-0.05, 0) is 26.2 Å². The molecule has 3 N–H and O–H groups in total. The average molecular weight is 282 g/mol. The average Bonchev–Trinajstić information content (AvgIpc) is 2.47. The summed E-state index contributed by atoms with van der Waals surface area (Å²) in [6, 6.07) is 0.783. The van der Waals surface area contributed by atoms with Crippen LogP contribution in [0.5, 0.6) is 0 Å². The summed E-state index contributed by atoms with van der Waals surface area (Å²) in [4.78, 5) is 15.9. The Labute approximate surface area is 123 Å². The van der Waals surface area contributed by atoms with Gasteiger partial charge in [0.1, 0.15) is 0 Å². The van der Waals surface area contributed by atoms with Crippen LogP contribution in [-0.2, 0) is 4.79 Å². The molecule has 1 aliphatic carbocycles. The Morgan fingerprint density at radius 1 is 1.30 bits per heavy atom. The van der Waals surface area contributed by atoms with E-state index in [1.165, 1.54) is 32.1 Å². The fourth-order valence-corrected chi connectivity index (χ4v) is 2.38. The van der Waals surface area contributed by atoms with E-state index in [1.54, 1.807) is 7.05 Å². The summed E-state index contributed by atoms with van der Waals surface area (Å²) in [6.07, 6.45) is 7.82. The fourth-order valence-electron chi connectivity index (χ4n) is 2.38. The molecule has 0 radical (unpaired) electrons. The number of nitrogens with one attached hydrogen (secondary N) is 3. The van der Waals surface area contributed by atoms with E-state index in [2.05, 4.69) is 27.9 Å². The van der Waals surface area contributed by atoms with E-state index in [0.717, 1.165) is 12.4 Å². The van der Waals surface area contributed by atoms with E-state index in [9.17, 15) is 4.79 Å². The number of carbonyl (C=O) groups is 1. The summed E-state index contributed by atoms with van der Waals surface area (Å²) in [5, 5.41) is 9.62. The lowest BCUT2D eigenvalue weighted by Crippen LogP contribution is -2.45. The molecule has 5 heteroatoms. The standard InChI is InChI=1S/C15H30N4O/c1-4-12(2)18-14(20)10-11-17-15(16-3)19-13-8-6-5-7-9-13/h12-13H,4-11H2,1-3H3,(H,18,20)(H2,16,17,19). The third kappa shape index (κ3) is 6.78. The second kappa shape index (κ2) is 9.61. The minimum Gasteiger partial charge on any atom is -0.356 e. The van der Waals surface area contributed by atoms with Gasteiger partial charge in [0.15, 0.2) is 5.96 Å². The first-order valence-electron chi connectivity index (χ1n) is 7.92. The van der Waals surface area contributed by atoms with Crippen molar-refractivity contribution in [1.29, 1.82) is 0 Å². The monoisotopic (exact) mass is 282 g/mol. The largest absolute Gasteiger partial charge is 0.356 e. The van der Waals surface area contributed by atoms with E-state index < -0.39 is 0 Å². The maximum atomic E-state index is 11.7. The van der Waals surface area contributed by atoms with E-state index in [1.807, 2.05) is 6.92 Å². The molecule has 5 nitrogen and oxygen atoms in total. The summed E-state index contributed by atoms with van der Waals surface area (Å²) >= 11 is 0. The molecule has 1 amide bonds. The number of hydrogen-bond donors (Lipinski definition) is 3. The van der Waals surface area contributed by atoms with Crippen molar-refractivity contribution in [3.05, 3.63) is 0 Å². The summed E-state index contributed by atoms with van der Waals surface area (Å²) in [5.41, 5.74) is 0. The Kier molecular flexibility index (Phi) is 8.07. The second-order valence-electron chi connectivity index (χ2n) is 5.61. The molecular weight excluding hydrogens is 252 g/mol. The molecule has 1 unspecified atom stereocenters. The Morgan fingerprint density at radius 2 is 2.00 bits per heavy atom. The minimum atomic E-state index is 0.0972. The predicted molar refractivity (Wildman–Crippen MR) is 83.9 cm³/mol. The van der Waals surface area contributed by atoms with Crippen LogP contribution in [0.15, 0.2) is 4.99 Å². The van der Waals surface area contributed by atoms with Gasteiger partial charge in [0.2, 0.25) is 5.91 Å². The molecule has 0 saturated heterocycles. The maximum absolute atomic E-state index is 11.7. The van der Waals surface area contributed by atoms with E-state index >= 15 is 0 Å². The van der Waals surface area contributed by atoms with Gasteiger partial charge in [-0.1, -0.05) is 26.2 Å². The van der Waals surface area contributed by atoms with Crippen molar-refractivity contribution in [3.63, 3.8) is 0 Å². The van der Waals surface area contributed by atoms with Crippen LogP contribution >= 0.6 is 0 Å². The second-order valence-corrected chi connectivity index (χ2v) is 5.61. The number of aliphatic imine (C=N–C) groups is 1. The van der Waals surface area contributed by atoms with Crippen molar-refractivity contribution in [2.24, 2.45) is 4.99 Å². The molecule has 1 saturated carbocycles. The Balaban J connectivity index is 2.19. The van der Waals surface area contributed by atoms with Gasteiger partial charge in [0, 0.05) is 32.1 Å². The normalized spacial score (nSPS) is 18.4. The summed E-state index contributed by atoms with van der Waals surface area (Å²) in [5.74, 6) is 0.910. The highest BCUT2D eigenvalue weighted by Gasteiger charge is 2.14. The van der Waals surface area contributed by atoms with Crippen molar-refractivity contribution in [2.75, 3.05) is 13.6 Å². The lowest BCUT2D eigenvalue weighted by atomic mass is 9.96. The molecule has 0 aromatic heterocycles. The highest BCUT2D eigenvalue weighted by molar-refractivity contribution is 5.81. The molecule has 1 rings (SSSR count). The Morgan fingerprint density at radius 3 is 2.60 bits per heavy atom. The van der Waals surface area contributed by atoms with Crippen LogP contribution in [0.2, 0.25) is 0 Å². The van der Waals surface area contributed by atoms with Crippen molar-refractivity contribution < 1.29 is 4.79 Å². The third-order valence-electron chi connectivity index (χ3n) is 3.83. The van der Waals surface area contributed by atoms with Gasteiger partial charge in [-0.15, -0.1) is 0 Å². The lowest BCUT2D eigenvalue weighted by molar-refractivity contribution is -0.121. The van der Waals surface area contributed by atoms with Gasteiger partial charge in [-0.3, -0.25) is 9.79 Å². The van der Waals surface area contributed by atoms with Crippen LogP contribution in [0.1, 0.15) is 58.8 Å². The highest BCUT2D eigenvalue weighted by atomic mass is 16.1. The zero-order valence-electron chi connectivity index (χ0n) is 13.2. The van der Waals surface area contributed by atoms with Crippen LogP contribution < -0.4 is 16.0 Å². The molecule has 20 heavy (non-hydrogen) atoms. The summed E-state index contributed by atoms with van der Waals surface area (Å²) < 4.78 is 0. The highest BCUT2D eigenvalue weighted by Crippen LogP contribution is 2.17. The molecule has 1 aliphatic rings. The summed E-state index contributed by atoms with van der Waals surface area (Å²) in [6.45, 7) is 4.71. The fraction of sp³-hybridized carbons (Fsp3) is 0.867.